The summed E-state index contributed by atoms with van der Waals surface area (Å²) in [7, 11) is 1.99. The minimum absolute atomic E-state index is 0.385. The van der Waals surface area contributed by atoms with E-state index in [4.69, 9.17) is 0 Å². The summed E-state index contributed by atoms with van der Waals surface area (Å²) < 4.78 is 76.2. The van der Waals surface area contributed by atoms with Crippen molar-refractivity contribution in [3.63, 3.8) is 0 Å². The highest BCUT2D eigenvalue weighted by atomic mass is 19.4. The first kappa shape index (κ1) is 21.1. The number of nitrogens with zero attached hydrogens (tertiary/aromatic N) is 1. The van der Waals surface area contributed by atoms with Crippen molar-refractivity contribution < 1.29 is 41.0 Å². The van der Waals surface area contributed by atoms with Gasteiger partial charge in [-0.15, -0.1) is 0 Å². The lowest BCUT2D eigenvalue weighted by Gasteiger charge is -2.29. The van der Waals surface area contributed by atoms with Crippen molar-refractivity contribution in [2.75, 3.05) is 19.1 Å². The number of esters is 2. The van der Waals surface area contributed by atoms with Gasteiger partial charge in [-0.05, 0) is 18.2 Å². The molecule has 1 aromatic rings. The average Bonchev–Trinajstić information content (AvgIpc) is 2.88. The summed E-state index contributed by atoms with van der Waals surface area (Å²) >= 11 is 0. The topological polar surface area (TPSA) is 55.8 Å². The number of halogens is 5. The quantitative estimate of drug-likeness (QED) is 0.565. The highest BCUT2D eigenvalue weighted by Crippen LogP contribution is 2.47. The zero-order chi connectivity index (χ0) is 21.1. The molecule has 0 saturated carbocycles. The fourth-order valence-electron chi connectivity index (χ4n) is 2.45. The zero-order valence-electron chi connectivity index (χ0n) is 14.6. The molecule has 0 saturated heterocycles. The number of benzene rings is 1. The summed E-state index contributed by atoms with van der Waals surface area (Å²) in [5.74, 6) is -7.36. The molecule has 2 rings (SSSR count). The van der Waals surface area contributed by atoms with Crippen molar-refractivity contribution in [1.82, 2.24) is 0 Å². The lowest BCUT2D eigenvalue weighted by atomic mass is 10.0. The van der Waals surface area contributed by atoms with E-state index in [-0.39, 0.29) is 5.57 Å². The summed E-state index contributed by atoms with van der Waals surface area (Å²) in [6, 6.07) is 3.76. The highest BCUT2D eigenvalue weighted by molar-refractivity contribution is 6.05. The molecule has 0 amide bonds. The van der Waals surface area contributed by atoms with E-state index in [0.29, 0.717) is 6.07 Å². The van der Waals surface area contributed by atoms with Gasteiger partial charge in [0.05, 0.1) is 31.0 Å². The summed E-state index contributed by atoms with van der Waals surface area (Å²) in [6.45, 7) is 0. The molecule has 10 heteroatoms. The largest absolute Gasteiger partial charge is 0.465 e. The van der Waals surface area contributed by atoms with Gasteiger partial charge in [-0.1, -0.05) is 24.3 Å². The monoisotopic (exact) mass is 403 g/mol. The minimum atomic E-state index is -5.88. The Balaban J connectivity index is 2.79. The molecule has 0 unspecified atom stereocenters. The maximum Gasteiger partial charge on any atom is 0.458 e. The van der Waals surface area contributed by atoms with Crippen LogP contribution in [0.1, 0.15) is 5.56 Å². The normalized spacial score (nSPS) is 14.8. The van der Waals surface area contributed by atoms with Gasteiger partial charge in [-0.2, -0.15) is 22.0 Å². The molecule has 0 spiro atoms. The number of allylic oxidation sites excluding steroid dienone is 2. The van der Waals surface area contributed by atoms with E-state index in [1.807, 2.05) is 0 Å². The van der Waals surface area contributed by atoms with Gasteiger partial charge in [0, 0.05) is 6.20 Å². The van der Waals surface area contributed by atoms with Gasteiger partial charge in [0.15, 0.2) is 0 Å². The summed E-state index contributed by atoms with van der Waals surface area (Å²) in [5.41, 5.74) is -3.03. The number of hydrogen-bond donors (Lipinski definition) is 0. The number of ether oxygens (including phenoxy) is 2. The Bertz CT molecular complexity index is 871. The van der Waals surface area contributed by atoms with Crippen LogP contribution in [0.25, 0.3) is 0 Å². The lowest BCUT2D eigenvalue weighted by molar-refractivity contribution is -0.289. The van der Waals surface area contributed by atoms with E-state index < -0.39 is 41.0 Å². The SMILES string of the molecule is COC(=O)C1=C(C(=O)OC)N(c2ccccc2C(F)(F)C(F)(F)F)C=CC=C1. The Labute approximate surface area is 156 Å². The molecule has 0 atom stereocenters. The van der Waals surface area contributed by atoms with E-state index in [2.05, 4.69) is 9.47 Å². The molecule has 0 fully saturated rings. The molecule has 1 aromatic carbocycles. The molecular formula is C18H14F5NO4. The van der Waals surface area contributed by atoms with E-state index in [1.54, 1.807) is 0 Å². The first-order valence-electron chi connectivity index (χ1n) is 7.65. The zero-order valence-corrected chi connectivity index (χ0v) is 14.6. The average molecular weight is 403 g/mol. The summed E-state index contributed by atoms with van der Waals surface area (Å²) in [5, 5.41) is 0. The van der Waals surface area contributed by atoms with Gasteiger partial charge >= 0.3 is 24.0 Å². The van der Waals surface area contributed by atoms with E-state index in [9.17, 15) is 31.5 Å². The standard InChI is InChI=1S/C18H14F5NO4/c1-27-15(25)11-7-5-6-10-24(14(11)16(26)28-2)13-9-4-3-8-12(13)17(19,20)18(21,22)23/h3-10H,1-2H3. The number of methoxy groups -OCH3 is 2. The molecule has 1 heterocycles. The van der Waals surface area contributed by atoms with Gasteiger partial charge in [0.25, 0.3) is 0 Å². The fraction of sp³-hybridized carbons (Fsp3) is 0.222. The molecule has 5 nitrogen and oxygen atoms in total. The first-order chi connectivity index (χ1) is 13.1. The number of anilines is 1. The number of carbonyl (C=O) groups excluding carboxylic acids is 2. The van der Waals surface area contributed by atoms with Crippen molar-refractivity contribution in [3.8, 4) is 0 Å². The second-order valence-electron chi connectivity index (χ2n) is 5.41. The Morgan fingerprint density at radius 3 is 2.11 bits per heavy atom. The minimum Gasteiger partial charge on any atom is -0.465 e. The first-order valence-corrected chi connectivity index (χ1v) is 7.65. The van der Waals surface area contributed by atoms with Crippen LogP contribution in [0.2, 0.25) is 0 Å². The number of rotatable bonds is 4. The third-order valence-electron chi connectivity index (χ3n) is 3.75. The van der Waals surface area contributed by atoms with Crippen LogP contribution in [-0.4, -0.2) is 32.3 Å². The van der Waals surface area contributed by atoms with Crippen LogP contribution < -0.4 is 4.90 Å². The van der Waals surface area contributed by atoms with Crippen LogP contribution in [0, 0.1) is 0 Å². The van der Waals surface area contributed by atoms with Gasteiger partial charge in [0.2, 0.25) is 0 Å². The maximum absolute atomic E-state index is 14.1. The molecule has 0 aromatic heterocycles. The smallest absolute Gasteiger partial charge is 0.458 e. The number of carbonyl (C=O) groups is 2. The molecule has 1 aliphatic heterocycles. The Morgan fingerprint density at radius 2 is 1.54 bits per heavy atom. The molecular weight excluding hydrogens is 389 g/mol. The van der Waals surface area contributed by atoms with Crippen molar-refractivity contribution >= 4 is 17.6 Å². The van der Waals surface area contributed by atoms with Crippen molar-refractivity contribution in [3.05, 3.63) is 65.5 Å². The molecule has 0 aliphatic carbocycles. The fourth-order valence-corrected chi connectivity index (χ4v) is 2.45. The van der Waals surface area contributed by atoms with Crippen molar-refractivity contribution in [2.24, 2.45) is 0 Å². The van der Waals surface area contributed by atoms with Crippen LogP contribution in [0.15, 0.2) is 60.0 Å². The lowest BCUT2D eigenvalue weighted by Crippen LogP contribution is -2.36. The number of para-hydroxylation sites is 1. The molecule has 150 valence electrons. The van der Waals surface area contributed by atoms with Crippen molar-refractivity contribution in [1.29, 1.82) is 0 Å². The van der Waals surface area contributed by atoms with Crippen LogP contribution in [0.3, 0.4) is 0 Å². The van der Waals surface area contributed by atoms with Gasteiger partial charge in [-0.25, -0.2) is 9.59 Å². The Hall–Kier alpha value is -3.17. The van der Waals surface area contributed by atoms with Gasteiger partial charge in [0.1, 0.15) is 5.70 Å². The second-order valence-corrected chi connectivity index (χ2v) is 5.41. The molecule has 1 aliphatic rings. The maximum atomic E-state index is 14.1. The predicted octanol–water partition coefficient (Wildman–Crippen LogP) is 3.83. The third kappa shape index (κ3) is 3.75. The Morgan fingerprint density at radius 1 is 0.929 bits per heavy atom. The van der Waals surface area contributed by atoms with Gasteiger partial charge in [-0.3, -0.25) is 0 Å². The predicted molar refractivity (Wildman–Crippen MR) is 88.2 cm³/mol. The van der Waals surface area contributed by atoms with Gasteiger partial charge < -0.3 is 14.4 Å². The van der Waals surface area contributed by atoms with Crippen LogP contribution in [0.5, 0.6) is 0 Å². The number of hydrogen-bond acceptors (Lipinski definition) is 5. The second kappa shape index (κ2) is 7.83. The molecule has 28 heavy (non-hydrogen) atoms. The summed E-state index contributed by atoms with van der Waals surface area (Å²) in [4.78, 5) is 25.1. The van der Waals surface area contributed by atoms with Crippen LogP contribution >= 0.6 is 0 Å². The van der Waals surface area contributed by atoms with Crippen LogP contribution in [0.4, 0.5) is 27.6 Å². The van der Waals surface area contributed by atoms with E-state index in [1.165, 1.54) is 18.2 Å². The Kier molecular flexibility index (Phi) is 5.91. The third-order valence-corrected chi connectivity index (χ3v) is 3.75. The molecule has 0 bridgehead atoms. The summed E-state index contributed by atoms with van der Waals surface area (Å²) in [6.07, 6.45) is -1.12. The number of alkyl halides is 5. The molecule has 0 N–H and O–H groups in total. The van der Waals surface area contributed by atoms with E-state index >= 15 is 0 Å². The molecule has 0 radical (unpaired) electrons. The highest BCUT2D eigenvalue weighted by Gasteiger charge is 2.60. The van der Waals surface area contributed by atoms with Crippen LogP contribution in [-0.2, 0) is 25.0 Å². The van der Waals surface area contributed by atoms with Crippen molar-refractivity contribution in [2.45, 2.75) is 12.1 Å². The van der Waals surface area contributed by atoms with E-state index in [0.717, 1.165) is 43.5 Å².